The van der Waals surface area contributed by atoms with Crippen LogP contribution in [0.1, 0.15) is 20.7 Å². The molecule has 0 aliphatic heterocycles. The number of hydrogen-bond acceptors (Lipinski definition) is 3. The zero-order valence-corrected chi connectivity index (χ0v) is 7.97. The van der Waals surface area contributed by atoms with E-state index in [4.69, 9.17) is 11.6 Å². The van der Waals surface area contributed by atoms with Crippen LogP contribution in [0.2, 0.25) is 0 Å². The van der Waals surface area contributed by atoms with E-state index in [2.05, 4.69) is 4.74 Å². The number of aldehydes is 1. The maximum absolute atomic E-state index is 13.2. The number of methoxy groups -OCH3 is 1. The van der Waals surface area contributed by atoms with Crippen LogP contribution in [0.3, 0.4) is 0 Å². The highest BCUT2D eigenvalue weighted by Gasteiger charge is 2.13. The van der Waals surface area contributed by atoms with Gasteiger partial charge in [-0.05, 0) is 23.7 Å². The second kappa shape index (κ2) is 4.19. The molecule has 1 aromatic rings. The van der Waals surface area contributed by atoms with Gasteiger partial charge in [0.25, 0.3) is 5.24 Å². The zero-order valence-electron chi connectivity index (χ0n) is 7.21. The van der Waals surface area contributed by atoms with Crippen molar-refractivity contribution < 1.29 is 18.7 Å². The van der Waals surface area contributed by atoms with Crippen molar-refractivity contribution in [3.63, 3.8) is 0 Å². The fourth-order valence-electron chi connectivity index (χ4n) is 0.967. The second-order valence-electron chi connectivity index (χ2n) is 2.47. The second-order valence-corrected chi connectivity index (χ2v) is 2.82. The first kappa shape index (κ1) is 10.7. The molecule has 0 spiro atoms. The molecule has 74 valence electrons. The first-order valence-corrected chi connectivity index (χ1v) is 4.00. The SMILES string of the molecule is COc1cc(C(=O)Cl)cc(C=O)c1F. The molecule has 0 N–H and O–H groups in total. The molecule has 0 radical (unpaired) electrons. The number of hydrogen-bond donors (Lipinski definition) is 0. The summed E-state index contributed by atoms with van der Waals surface area (Å²) in [5.41, 5.74) is -0.236. The molecule has 0 heterocycles. The predicted octanol–water partition coefficient (Wildman–Crippen LogP) is 2.03. The molecule has 0 aromatic heterocycles. The predicted molar refractivity (Wildman–Crippen MR) is 48.5 cm³/mol. The lowest BCUT2D eigenvalue weighted by atomic mass is 10.1. The number of rotatable bonds is 3. The lowest BCUT2D eigenvalue weighted by Crippen LogP contribution is -1.99. The molecule has 14 heavy (non-hydrogen) atoms. The lowest BCUT2D eigenvalue weighted by molar-refractivity contribution is 0.108. The monoisotopic (exact) mass is 216 g/mol. The number of carbonyl (C=O) groups is 2. The smallest absolute Gasteiger partial charge is 0.252 e. The Kier molecular flexibility index (Phi) is 3.19. The molecule has 0 amide bonds. The Balaban J connectivity index is 3.39. The minimum Gasteiger partial charge on any atom is -0.494 e. The standard InChI is InChI=1S/C9H6ClFO3/c1-14-7-3-5(9(10)13)2-6(4-12)8(7)11/h2-4H,1H3. The molecule has 0 atom stereocenters. The Morgan fingerprint density at radius 3 is 2.64 bits per heavy atom. The van der Waals surface area contributed by atoms with Gasteiger partial charge in [-0.1, -0.05) is 0 Å². The molecule has 0 saturated heterocycles. The fraction of sp³-hybridized carbons (Fsp3) is 0.111. The average molecular weight is 217 g/mol. The van der Waals surface area contributed by atoms with E-state index in [1.165, 1.54) is 7.11 Å². The first-order chi connectivity index (χ1) is 6.60. The summed E-state index contributed by atoms with van der Waals surface area (Å²) in [6.45, 7) is 0. The van der Waals surface area contributed by atoms with Crippen LogP contribution in [0.25, 0.3) is 0 Å². The van der Waals surface area contributed by atoms with E-state index in [0.717, 1.165) is 12.1 Å². The maximum atomic E-state index is 13.2. The highest BCUT2D eigenvalue weighted by Crippen LogP contribution is 2.22. The van der Waals surface area contributed by atoms with Gasteiger partial charge in [0, 0.05) is 5.56 Å². The molecular weight excluding hydrogens is 211 g/mol. The van der Waals surface area contributed by atoms with E-state index in [0.29, 0.717) is 6.29 Å². The van der Waals surface area contributed by atoms with Crippen LogP contribution in [0.15, 0.2) is 12.1 Å². The van der Waals surface area contributed by atoms with Crippen LogP contribution < -0.4 is 4.74 Å². The lowest BCUT2D eigenvalue weighted by Gasteiger charge is -2.04. The summed E-state index contributed by atoms with van der Waals surface area (Å²) < 4.78 is 17.8. The van der Waals surface area contributed by atoms with Crippen molar-refractivity contribution in [1.29, 1.82) is 0 Å². The fourth-order valence-corrected chi connectivity index (χ4v) is 1.08. The summed E-state index contributed by atoms with van der Waals surface area (Å²) in [7, 11) is 1.23. The van der Waals surface area contributed by atoms with Crippen LogP contribution in [0, 0.1) is 5.82 Å². The van der Waals surface area contributed by atoms with Gasteiger partial charge in [-0.3, -0.25) is 9.59 Å². The molecule has 3 nitrogen and oxygen atoms in total. The van der Waals surface area contributed by atoms with E-state index in [1.54, 1.807) is 0 Å². The van der Waals surface area contributed by atoms with Gasteiger partial charge in [-0.2, -0.15) is 0 Å². The van der Waals surface area contributed by atoms with Crippen molar-refractivity contribution >= 4 is 23.1 Å². The topological polar surface area (TPSA) is 43.4 Å². The molecule has 0 unspecified atom stereocenters. The van der Waals surface area contributed by atoms with Crippen LogP contribution in [-0.2, 0) is 0 Å². The Labute approximate surface area is 84.4 Å². The third-order valence-electron chi connectivity index (χ3n) is 1.64. The van der Waals surface area contributed by atoms with Crippen LogP contribution >= 0.6 is 11.6 Å². The third kappa shape index (κ3) is 1.90. The molecule has 0 saturated carbocycles. The van der Waals surface area contributed by atoms with Gasteiger partial charge in [0.05, 0.1) is 12.7 Å². The molecule has 0 fully saturated rings. The van der Waals surface area contributed by atoms with Crippen LogP contribution in [-0.4, -0.2) is 18.6 Å². The summed E-state index contributed by atoms with van der Waals surface area (Å²) in [5.74, 6) is -0.984. The molecule has 1 rings (SSSR count). The van der Waals surface area contributed by atoms with E-state index in [1.807, 2.05) is 0 Å². The van der Waals surface area contributed by atoms with Crippen molar-refractivity contribution in [1.82, 2.24) is 0 Å². The summed E-state index contributed by atoms with van der Waals surface area (Å²) in [6, 6.07) is 2.21. The van der Waals surface area contributed by atoms with Gasteiger partial charge >= 0.3 is 0 Å². The van der Waals surface area contributed by atoms with E-state index in [9.17, 15) is 14.0 Å². The van der Waals surface area contributed by atoms with Gasteiger partial charge in [0.15, 0.2) is 17.9 Å². The molecule has 5 heteroatoms. The quantitative estimate of drug-likeness (QED) is 0.574. The van der Waals surface area contributed by atoms with E-state index < -0.39 is 11.1 Å². The highest BCUT2D eigenvalue weighted by molar-refractivity contribution is 6.67. The van der Waals surface area contributed by atoms with Crippen LogP contribution in [0.5, 0.6) is 5.75 Å². The minimum atomic E-state index is -0.802. The van der Waals surface area contributed by atoms with Crippen molar-refractivity contribution in [3.8, 4) is 5.75 Å². The maximum Gasteiger partial charge on any atom is 0.252 e. The number of benzene rings is 1. The highest BCUT2D eigenvalue weighted by atomic mass is 35.5. The normalized spacial score (nSPS) is 9.64. The molecular formula is C9H6ClFO3. The van der Waals surface area contributed by atoms with Gasteiger partial charge in [0.1, 0.15) is 0 Å². The van der Waals surface area contributed by atoms with Crippen molar-refractivity contribution in [3.05, 3.63) is 29.1 Å². The Morgan fingerprint density at radius 1 is 1.57 bits per heavy atom. The molecule has 0 bridgehead atoms. The summed E-state index contributed by atoms with van der Waals surface area (Å²) in [5, 5.41) is -0.772. The summed E-state index contributed by atoms with van der Waals surface area (Å²) in [4.78, 5) is 21.2. The Morgan fingerprint density at radius 2 is 2.21 bits per heavy atom. The van der Waals surface area contributed by atoms with E-state index in [-0.39, 0.29) is 16.9 Å². The number of ether oxygens (including phenoxy) is 1. The van der Waals surface area contributed by atoms with E-state index >= 15 is 0 Å². The number of carbonyl (C=O) groups excluding carboxylic acids is 2. The molecule has 1 aromatic carbocycles. The minimum absolute atomic E-state index is 0.0204. The summed E-state index contributed by atoms with van der Waals surface area (Å²) in [6.07, 6.45) is 0.293. The number of halogens is 2. The van der Waals surface area contributed by atoms with Gasteiger partial charge in [0.2, 0.25) is 0 Å². The molecule has 0 aliphatic carbocycles. The molecule has 0 aliphatic rings. The van der Waals surface area contributed by atoms with Gasteiger partial charge in [-0.15, -0.1) is 0 Å². The largest absolute Gasteiger partial charge is 0.494 e. The van der Waals surface area contributed by atoms with Crippen molar-refractivity contribution in [2.24, 2.45) is 0 Å². The Bertz CT molecular complexity index is 390. The first-order valence-electron chi connectivity index (χ1n) is 3.62. The third-order valence-corrected chi connectivity index (χ3v) is 1.86. The van der Waals surface area contributed by atoms with Gasteiger partial charge in [-0.25, -0.2) is 4.39 Å². The summed E-state index contributed by atoms with van der Waals surface area (Å²) >= 11 is 5.18. The van der Waals surface area contributed by atoms with Crippen LogP contribution in [0.4, 0.5) is 4.39 Å². The van der Waals surface area contributed by atoms with Gasteiger partial charge < -0.3 is 4.74 Å². The Hall–Kier alpha value is -1.42. The zero-order chi connectivity index (χ0) is 10.7. The van der Waals surface area contributed by atoms with Crippen molar-refractivity contribution in [2.75, 3.05) is 7.11 Å². The van der Waals surface area contributed by atoms with Crippen molar-refractivity contribution in [2.45, 2.75) is 0 Å². The average Bonchev–Trinajstić information content (AvgIpc) is 2.17.